The molecular weight excluding hydrogens is 336 g/mol. The van der Waals surface area contributed by atoms with E-state index in [2.05, 4.69) is 32.0 Å². The second-order valence-corrected chi connectivity index (χ2v) is 6.78. The highest BCUT2D eigenvalue weighted by molar-refractivity contribution is 5.70. The molecule has 2 saturated heterocycles. The number of nitro groups is 1. The number of morpholine rings is 1. The van der Waals surface area contributed by atoms with Crippen molar-refractivity contribution >= 4 is 17.3 Å². The quantitative estimate of drug-likeness (QED) is 0.579. The van der Waals surface area contributed by atoms with Gasteiger partial charge < -0.3 is 15.0 Å². The van der Waals surface area contributed by atoms with Gasteiger partial charge in [-0.15, -0.1) is 0 Å². The standard InChI is InChI=1S/C17H28N6O3/c1-2-14-5-3-4-7-22(14)17-15(23(24)25)16(19-13-20-17)18-6-8-21-9-11-26-12-10-21/h13-14H,2-12H2,1H3,(H,18,19,20). The Labute approximate surface area is 153 Å². The lowest BCUT2D eigenvalue weighted by Crippen LogP contribution is -2.40. The van der Waals surface area contributed by atoms with Crippen molar-refractivity contribution in [3.63, 3.8) is 0 Å². The SMILES string of the molecule is CCC1CCCCN1c1ncnc(NCCN2CCOCC2)c1[N+](=O)[O-]. The van der Waals surface area contributed by atoms with Crippen LogP contribution in [0.25, 0.3) is 0 Å². The zero-order chi connectivity index (χ0) is 18.4. The molecule has 0 bridgehead atoms. The van der Waals surface area contributed by atoms with Crippen LogP contribution >= 0.6 is 0 Å². The molecule has 1 N–H and O–H groups in total. The number of aromatic nitrogens is 2. The first-order valence-electron chi connectivity index (χ1n) is 9.50. The molecule has 3 heterocycles. The van der Waals surface area contributed by atoms with Gasteiger partial charge in [0, 0.05) is 38.8 Å². The van der Waals surface area contributed by atoms with Crippen molar-refractivity contribution < 1.29 is 9.66 Å². The van der Waals surface area contributed by atoms with Gasteiger partial charge >= 0.3 is 5.69 Å². The molecule has 9 heteroatoms. The van der Waals surface area contributed by atoms with Crippen molar-refractivity contribution in [1.82, 2.24) is 14.9 Å². The number of ether oxygens (including phenoxy) is 1. The van der Waals surface area contributed by atoms with Crippen LogP contribution in [0.3, 0.4) is 0 Å². The molecule has 3 rings (SSSR count). The van der Waals surface area contributed by atoms with Crippen molar-refractivity contribution in [2.75, 3.05) is 56.2 Å². The molecule has 0 aliphatic carbocycles. The molecule has 0 saturated carbocycles. The van der Waals surface area contributed by atoms with Gasteiger partial charge in [0.25, 0.3) is 0 Å². The van der Waals surface area contributed by atoms with Gasteiger partial charge in [-0.05, 0) is 25.7 Å². The van der Waals surface area contributed by atoms with Gasteiger partial charge in [-0.3, -0.25) is 15.0 Å². The van der Waals surface area contributed by atoms with E-state index in [1.807, 2.05) is 0 Å². The number of hydrogen-bond donors (Lipinski definition) is 1. The Morgan fingerprint density at radius 2 is 2.12 bits per heavy atom. The summed E-state index contributed by atoms with van der Waals surface area (Å²) >= 11 is 0. The molecule has 2 aliphatic rings. The summed E-state index contributed by atoms with van der Waals surface area (Å²) in [5.41, 5.74) is -0.00479. The number of hydrogen-bond acceptors (Lipinski definition) is 8. The number of anilines is 2. The van der Waals surface area contributed by atoms with E-state index in [1.165, 1.54) is 12.7 Å². The first kappa shape index (κ1) is 18.8. The summed E-state index contributed by atoms with van der Waals surface area (Å²) in [5.74, 6) is 0.763. The van der Waals surface area contributed by atoms with Gasteiger partial charge in [-0.1, -0.05) is 6.92 Å². The molecule has 0 spiro atoms. The molecule has 0 amide bonds. The molecule has 1 atom stereocenters. The molecule has 2 aliphatic heterocycles. The summed E-state index contributed by atoms with van der Waals surface area (Å²) in [6.45, 7) is 7.61. The zero-order valence-corrected chi connectivity index (χ0v) is 15.4. The minimum absolute atomic E-state index is 0.00479. The van der Waals surface area contributed by atoms with Gasteiger partial charge in [0.15, 0.2) is 0 Å². The van der Waals surface area contributed by atoms with Gasteiger partial charge in [0.2, 0.25) is 11.6 Å². The lowest BCUT2D eigenvalue weighted by Gasteiger charge is -2.35. The smallest absolute Gasteiger partial charge is 0.353 e. The number of rotatable bonds is 7. The van der Waals surface area contributed by atoms with E-state index in [9.17, 15) is 10.1 Å². The maximum Gasteiger partial charge on any atom is 0.353 e. The van der Waals surface area contributed by atoms with Crippen LogP contribution in [0.15, 0.2) is 6.33 Å². The third-order valence-electron chi connectivity index (χ3n) is 5.18. The Balaban J connectivity index is 1.74. The summed E-state index contributed by atoms with van der Waals surface area (Å²) in [6, 6.07) is 0.304. The minimum atomic E-state index is -0.353. The second kappa shape index (κ2) is 9.09. The van der Waals surface area contributed by atoms with Crippen molar-refractivity contribution in [3.8, 4) is 0 Å². The summed E-state index contributed by atoms with van der Waals surface area (Å²) in [4.78, 5) is 24.2. The van der Waals surface area contributed by atoms with Crippen molar-refractivity contribution in [1.29, 1.82) is 0 Å². The third kappa shape index (κ3) is 4.39. The maximum atomic E-state index is 11.8. The van der Waals surface area contributed by atoms with Crippen molar-refractivity contribution in [2.24, 2.45) is 0 Å². The fourth-order valence-corrected chi connectivity index (χ4v) is 3.74. The molecule has 1 aromatic rings. The monoisotopic (exact) mass is 364 g/mol. The van der Waals surface area contributed by atoms with Crippen LogP contribution in [0.1, 0.15) is 32.6 Å². The van der Waals surface area contributed by atoms with E-state index in [0.29, 0.717) is 24.2 Å². The largest absolute Gasteiger partial charge is 0.379 e. The molecule has 9 nitrogen and oxygen atoms in total. The van der Waals surface area contributed by atoms with E-state index < -0.39 is 0 Å². The number of nitrogens with one attached hydrogen (secondary N) is 1. The minimum Gasteiger partial charge on any atom is -0.379 e. The lowest BCUT2D eigenvalue weighted by atomic mass is 10.00. The van der Waals surface area contributed by atoms with E-state index in [4.69, 9.17) is 4.74 Å². The molecule has 0 radical (unpaired) electrons. The average molecular weight is 364 g/mol. The topological polar surface area (TPSA) is 96.7 Å². The average Bonchev–Trinajstić information content (AvgIpc) is 2.68. The van der Waals surface area contributed by atoms with Crippen LogP contribution in [0, 0.1) is 10.1 Å². The second-order valence-electron chi connectivity index (χ2n) is 6.78. The summed E-state index contributed by atoms with van der Waals surface area (Å²) in [5, 5.41) is 14.9. The zero-order valence-electron chi connectivity index (χ0n) is 15.4. The molecule has 1 unspecified atom stereocenters. The fourth-order valence-electron chi connectivity index (χ4n) is 3.74. The van der Waals surface area contributed by atoms with Crippen LogP contribution in [0.5, 0.6) is 0 Å². The Kier molecular flexibility index (Phi) is 6.56. The number of nitrogens with zero attached hydrogens (tertiary/aromatic N) is 5. The molecule has 144 valence electrons. The van der Waals surface area contributed by atoms with E-state index in [0.717, 1.165) is 58.7 Å². The third-order valence-corrected chi connectivity index (χ3v) is 5.18. The Morgan fingerprint density at radius 3 is 2.85 bits per heavy atom. The molecule has 2 fully saturated rings. The van der Waals surface area contributed by atoms with Crippen LogP contribution in [0.4, 0.5) is 17.3 Å². The van der Waals surface area contributed by atoms with Gasteiger partial charge in [0.05, 0.1) is 18.1 Å². The highest BCUT2D eigenvalue weighted by atomic mass is 16.6. The summed E-state index contributed by atoms with van der Waals surface area (Å²) in [6.07, 6.45) is 5.65. The van der Waals surface area contributed by atoms with Crippen molar-refractivity contribution in [2.45, 2.75) is 38.6 Å². The van der Waals surface area contributed by atoms with Crippen LogP contribution in [0.2, 0.25) is 0 Å². The maximum absolute atomic E-state index is 11.8. The predicted octanol–water partition coefficient (Wildman–Crippen LogP) is 1.90. The first-order valence-corrected chi connectivity index (χ1v) is 9.50. The van der Waals surface area contributed by atoms with E-state index in [1.54, 1.807) is 0 Å². The van der Waals surface area contributed by atoms with Gasteiger partial charge in [-0.25, -0.2) is 9.97 Å². The highest BCUT2D eigenvalue weighted by Crippen LogP contribution is 2.35. The van der Waals surface area contributed by atoms with Crippen LogP contribution in [-0.4, -0.2) is 71.8 Å². The molecule has 1 aromatic heterocycles. The first-order chi connectivity index (χ1) is 12.7. The van der Waals surface area contributed by atoms with Crippen LogP contribution in [-0.2, 0) is 4.74 Å². The molecule has 26 heavy (non-hydrogen) atoms. The Bertz CT molecular complexity index is 608. The lowest BCUT2D eigenvalue weighted by molar-refractivity contribution is -0.383. The fraction of sp³-hybridized carbons (Fsp3) is 0.765. The normalized spacial score (nSPS) is 21.6. The Morgan fingerprint density at radius 1 is 1.31 bits per heavy atom. The summed E-state index contributed by atoms with van der Waals surface area (Å²) < 4.78 is 5.34. The molecular formula is C17H28N6O3. The summed E-state index contributed by atoms with van der Waals surface area (Å²) in [7, 11) is 0. The molecule has 0 aromatic carbocycles. The van der Waals surface area contributed by atoms with Crippen LogP contribution < -0.4 is 10.2 Å². The highest BCUT2D eigenvalue weighted by Gasteiger charge is 2.31. The van der Waals surface area contributed by atoms with Crippen molar-refractivity contribution in [3.05, 3.63) is 16.4 Å². The number of piperidine rings is 1. The Hall–Kier alpha value is -2.00. The van der Waals surface area contributed by atoms with E-state index >= 15 is 0 Å². The van der Waals surface area contributed by atoms with E-state index in [-0.39, 0.29) is 10.6 Å². The predicted molar refractivity (Wildman–Crippen MR) is 99.7 cm³/mol. The van der Waals surface area contributed by atoms with Gasteiger partial charge in [0.1, 0.15) is 6.33 Å². The van der Waals surface area contributed by atoms with Gasteiger partial charge in [-0.2, -0.15) is 0 Å².